The largest absolute Gasteiger partial charge is 0.456 e. The van der Waals surface area contributed by atoms with Crippen molar-refractivity contribution in [3.05, 3.63) is 145 Å². The molecule has 0 aliphatic carbocycles. The molecule has 2 heterocycles. The van der Waals surface area contributed by atoms with Crippen LogP contribution in [0.15, 0.2) is 144 Å². The molecule has 0 amide bonds. The van der Waals surface area contributed by atoms with Crippen molar-refractivity contribution in [3.63, 3.8) is 0 Å². The van der Waals surface area contributed by atoms with Gasteiger partial charge in [0.1, 0.15) is 17.0 Å². The van der Waals surface area contributed by atoms with Gasteiger partial charge in [0.05, 0.1) is 11.0 Å². The molecule has 3 nitrogen and oxygen atoms in total. The monoisotopic (exact) mass is 569 g/mol. The molecule has 3 heteroatoms. The highest BCUT2D eigenvalue weighted by atomic mass is 16.3. The molecule has 0 bridgehead atoms. The van der Waals surface area contributed by atoms with Crippen LogP contribution in [-0.4, -0.2) is 9.55 Å². The van der Waals surface area contributed by atoms with Crippen LogP contribution in [-0.2, 0) is 6.37 Å². The van der Waals surface area contributed by atoms with E-state index < -0.39 is 13.2 Å². The van der Waals surface area contributed by atoms with E-state index in [-0.39, 0.29) is 5.82 Å². The summed E-state index contributed by atoms with van der Waals surface area (Å²) < 4.78 is 49.2. The fourth-order valence-corrected chi connectivity index (χ4v) is 6.80. The van der Waals surface area contributed by atoms with Crippen LogP contribution in [0.1, 0.15) is 19.5 Å². The maximum Gasteiger partial charge on any atom is 0.135 e. The van der Waals surface area contributed by atoms with Gasteiger partial charge in [0, 0.05) is 29.7 Å². The van der Waals surface area contributed by atoms with Gasteiger partial charge in [0.25, 0.3) is 0 Å². The summed E-state index contributed by atoms with van der Waals surface area (Å²) in [6.07, 6.45) is -2.69. The molecular formula is C41H28N2O. The van der Waals surface area contributed by atoms with E-state index in [0.717, 1.165) is 65.7 Å². The van der Waals surface area contributed by atoms with Crippen molar-refractivity contribution in [2.24, 2.45) is 0 Å². The lowest BCUT2D eigenvalue weighted by Crippen LogP contribution is -2.00. The van der Waals surface area contributed by atoms with Gasteiger partial charge in [-0.25, -0.2) is 4.98 Å². The highest BCUT2D eigenvalue weighted by molar-refractivity contribution is 6.22. The second kappa shape index (κ2) is 9.68. The number of para-hydroxylation sites is 3. The van der Waals surface area contributed by atoms with E-state index in [1.807, 2.05) is 66.7 Å². The van der Waals surface area contributed by atoms with Gasteiger partial charge in [0.15, 0.2) is 0 Å². The summed E-state index contributed by atoms with van der Waals surface area (Å²) >= 11 is 0. The lowest BCUT2D eigenvalue weighted by atomic mass is 9.85. The van der Waals surface area contributed by atoms with Crippen LogP contribution in [0.25, 0.3) is 82.5 Å². The first kappa shape index (κ1) is 20.3. The summed E-state index contributed by atoms with van der Waals surface area (Å²) in [6.45, 7) is -2.92. The number of fused-ring (bicyclic) bond motifs is 6. The summed E-state index contributed by atoms with van der Waals surface area (Å²) in [4.78, 5) is 4.53. The van der Waals surface area contributed by atoms with Crippen LogP contribution in [0, 0.1) is 0 Å². The Bertz CT molecular complexity index is 2700. The maximum atomic E-state index is 8.68. The zero-order valence-electron chi connectivity index (χ0n) is 28.6. The van der Waals surface area contributed by atoms with Crippen molar-refractivity contribution in [2.45, 2.75) is 13.2 Å². The van der Waals surface area contributed by atoms with E-state index in [2.05, 4.69) is 71.7 Å². The minimum absolute atomic E-state index is 0.155. The first-order valence-corrected chi connectivity index (χ1v) is 14.6. The lowest BCUT2D eigenvalue weighted by molar-refractivity contribution is 0.669. The summed E-state index contributed by atoms with van der Waals surface area (Å²) in [7, 11) is 0. The second-order valence-electron chi connectivity index (χ2n) is 11.1. The Hall–Kier alpha value is -5.67. The van der Waals surface area contributed by atoms with Crippen molar-refractivity contribution in [1.82, 2.24) is 9.55 Å². The third-order valence-electron chi connectivity index (χ3n) is 8.66. The molecular weight excluding hydrogens is 536 g/mol. The van der Waals surface area contributed by atoms with Gasteiger partial charge >= 0.3 is 0 Å². The standard InChI is InChI=1S/C41H28N2O/c1-2-39-42-35-19-8-9-20-36(35)43(39)28-13-11-12-26(24-28)40-30-15-3-5-17-32(30)41(33-18-6-4-16-31(33)40)27-22-23-38-34(25-27)29-14-7-10-21-37(29)44-38/h3-25H,2H2,1H3/i1D3,2D2. The zero-order valence-corrected chi connectivity index (χ0v) is 23.6. The minimum atomic E-state index is -2.92. The Balaban J connectivity index is 1.31. The average molecular weight is 570 g/mol. The van der Waals surface area contributed by atoms with Gasteiger partial charge < -0.3 is 4.42 Å². The predicted octanol–water partition coefficient (Wildman–Crippen LogP) is 11.1. The number of hydrogen-bond donors (Lipinski definition) is 0. The van der Waals surface area contributed by atoms with Crippen molar-refractivity contribution in [2.75, 3.05) is 0 Å². The number of aryl methyl sites for hydroxylation is 1. The number of nitrogens with zero attached hydrogens (tertiary/aromatic N) is 2. The molecule has 0 radical (unpaired) electrons. The van der Waals surface area contributed by atoms with Crippen molar-refractivity contribution in [3.8, 4) is 27.9 Å². The van der Waals surface area contributed by atoms with Crippen LogP contribution in [0.4, 0.5) is 0 Å². The fraction of sp³-hybridized carbons (Fsp3) is 0.0488. The van der Waals surface area contributed by atoms with Gasteiger partial charge in [-0.1, -0.05) is 104 Å². The zero-order chi connectivity index (χ0) is 33.5. The molecule has 44 heavy (non-hydrogen) atoms. The maximum absolute atomic E-state index is 8.68. The topological polar surface area (TPSA) is 31.0 Å². The van der Waals surface area contributed by atoms with Crippen LogP contribution < -0.4 is 0 Å². The van der Waals surface area contributed by atoms with Crippen LogP contribution in [0.5, 0.6) is 0 Å². The molecule has 9 aromatic rings. The van der Waals surface area contributed by atoms with Crippen molar-refractivity contribution in [1.29, 1.82) is 0 Å². The second-order valence-corrected chi connectivity index (χ2v) is 11.1. The van der Waals surface area contributed by atoms with E-state index in [1.54, 1.807) is 10.6 Å². The lowest BCUT2D eigenvalue weighted by Gasteiger charge is -2.18. The summed E-state index contributed by atoms with van der Waals surface area (Å²) in [5, 5.41) is 6.48. The molecule has 0 saturated heterocycles. The van der Waals surface area contributed by atoms with E-state index in [4.69, 9.17) is 11.3 Å². The minimum Gasteiger partial charge on any atom is -0.456 e. The molecule has 0 spiro atoms. The van der Waals surface area contributed by atoms with Crippen LogP contribution >= 0.6 is 0 Å². The molecule has 2 aromatic heterocycles. The Kier molecular flexibility index (Phi) is 4.46. The fourth-order valence-electron chi connectivity index (χ4n) is 6.80. The summed E-state index contributed by atoms with van der Waals surface area (Å²) in [5.74, 6) is -0.155. The third-order valence-corrected chi connectivity index (χ3v) is 8.66. The van der Waals surface area contributed by atoms with Gasteiger partial charge in [-0.3, -0.25) is 4.57 Å². The number of rotatable bonds is 4. The molecule has 7 aromatic carbocycles. The Morgan fingerprint density at radius 3 is 1.93 bits per heavy atom. The molecule has 9 rings (SSSR count). The highest BCUT2D eigenvalue weighted by Gasteiger charge is 2.19. The third kappa shape index (κ3) is 3.66. The number of hydrogen-bond acceptors (Lipinski definition) is 2. The Labute approximate surface area is 261 Å². The molecule has 0 fully saturated rings. The normalized spacial score (nSPS) is 14.1. The molecule has 0 N–H and O–H groups in total. The number of furan rings is 1. The Morgan fingerprint density at radius 1 is 0.591 bits per heavy atom. The van der Waals surface area contributed by atoms with Gasteiger partial charge in [-0.2, -0.15) is 0 Å². The summed E-state index contributed by atoms with van der Waals surface area (Å²) in [5.41, 5.74) is 7.68. The molecule has 0 aliphatic heterocycles. The highest BCUT2D eigenvalue weighted by Crippen LogP contribution is 2.45. The van der Waals surface area contributed by atoms with Gasteiger partial charge in [-0.05, 0) is 86.3 Å². The van der Waals surface area contributed by atoms with Gasteiger partial charge in [-0.15, -0.1) is 0 Å². The predicted molar refractivity (Wildman–Crippen MR) is 184 cm³/mol. The average Bonchev–Trinajstić information content (AvgIpc) is 3.69. The molecule has 0 atom stereocenters. The summed E-state index contributed by atoms with van der Waals surface area (Å²) in [6, 6.07) is 46.5. The van der Waals surface area contributed by atoms with E-state index in [0.29, 0.717) is 16.7 Å². The smallest absolute Gasteiger partial charge is 0.135 e. The SMILES string of the molecule is [2H]C([2H])([2H])C([2H])([2H])c1nc2ccccc2n1-c1cccc(-c2c3ccccc3c(-c3ccc4oc5ccccc5c4c3)c3ccccc23)c1. The van der Waals surface area contributed by atoms with Crippen LogP contribution in [0.3, 0.4) is 0 Å². The van der Waals surface area contributed by atoms with E-state index >= 15 is 0 Å². The van der Waals surface area contributed by atoms with E-state index in [9.17, 15) is 0 Å². The quantitative estimate of drug-likeness (QED) is 0.197. The molecule has 0 unspecified atom stereocenters. The van der Waals surface area contributed by atoms with Crippen molar-refractivity contribution < 1.29 is 11.3 Å². The number of aromatic nitrogens is 2. The number of imidazole rings is 1. The van der Waals surface area contributed by atoms with Crippen LogP contribution in [0.2, 0.25) is 0 Å². The van der Waals surface area contributed by atoms with E-state index in [1.165, 1.54) is 0 Å². The molecule has 0 aliphatic rings. The van der Waals surface area contributed by atoms with Crippen molar-refractivity contribution >= 4 is 54.5 Å². The molecule has 0 saturated carbocycles. The first-order valence-electron chi connectivity index (χ1n) is 17.1. The Morgan fingerprint density at radius 2 is 1.20 bits per heavy atom. The first-order chi connectivity index (χ1) is 23.7. The number of benzene rings is 7. The molecule has 208 valence electrons. The van der Waals surface area contributed by atoms with Gasteiger partial charge in [0.2, 0.25) is 0 Å².